The van der Waals surface area contributed by atoms with Crippen LogP contribution in [0.1, 0.15) is 18.9 Å². The fraction of sp³-hybridized carbons (Fsp3) is 0.538. The summed E-state index contributed by atoms with van der Waals surface area (Å²) in [4.78, 5) is 2.25. The Kier molecular flexibility index (Phi) is 5.86. The molecule has 0 amide bonds. The molecule has 2 atom stereocenters. The van der Waals surface area contributed by atoms with Gasteiger partial charge in [-0.2, -0.15) is 0 Å². The third-order valence-electron chi connectivity index (χ3n) is 3.55. The molecule has 2 rings (SSSR count). The predicted molar refractivity (Wildman–Crippen MR) is 75.7 cm³/mol. The van der Waals surface area contributed by atoms with E-state index >= 15 is 0 Å². The number of hydrogen-bond donors (Lipinski definition) is 1. The number of hydrogen-bond acceptors (Lipinski definition) is 2. The minimum absolute atomic E-state index is 0. The van der Waals surface area contributed by atoms with Gasteiger partial charge in [-0.25, -0.2) is 4.39 Å². The lowest BCUT2D eigenvalue weighted by Gasteiger charge is -2.21. The molecule has 0 radical (unpaired) electrons. The molecular weight excluding hydrogens is 274 g/mol. The molecule has 0 aromatic heterocycles. The first-order valence-corrected chi connectivity index (χ1v) is 6.36. The van der Waals surface area contributed by atoms with Crippen LogP contribution in [0.25, 0.3) is 0 Å². The number of likely N-dealkylation sites (tertiary alicyclic amines) is 1. The Balaban J connectivity index is 0.00000162. The van der Waals surface area contributed by atoms with Gasteiger partial charge < -0.3 is 5.73 Å². The zero-order valence-corrected chi connectivity index (χ0v) is 12.0. The first-order chi connectivity index (χ1) is 8.11. The van der Waals surface area contributed by atoms with E-state index in [4.69, 9.17) is 17.3 Å². The van der Waals surface area contributed by atoms with Gasteiger partial charge in [0, 0.05) is 29.7 Å². The molecule has 1 aromatic rings. The van der Waals surface area contributed by atoms with Crippen LogP contribution in [0.2, 0.25) is 5.02 Å². The van der Waals surface area contributed by atoms with Crippen molar-refractivity contribution in [2.24, 2.45) is 11.7 Å². The van der Waals surface area contributed by atoms with E-state index in [1.54, 1.807) is 12.1 Å². The SMILES string of the molecule is CC1CC(CN)CN1Cc1c(F)cccc1Cl.Cl. The second kappa shape index (κ2) is 6.71. The van der Waals surface area contributed by atoms with Gasteiger partial charge in [0.15, 0.2) is 0 Å². The molecule has 1 fully saturated rings. The lowest BCUT2D eigenvalue weighted by Crippen LogP contribution is -2.28. The summed E-state index contributed by atoms with van der Waals surface area (Å²) in [5.74, 6) is 0.302. The molecule has 1 aliphatic heterocycles. The highest BCUT2D eigenvalue weighted by Gasteiger charge is 2.28. The summed E-state index contributed by atoms with van der Waals surface area (Å²) in [5, 5.41) is 0.508. The number of halogens is 3. The topological polar surface area (TPSA) is 29.3 Å². The van der Waals surface area contributed by atoms with E-state index in [1.807, 2.05) is 0 Å². The van der Waals surface area contributed by atoms with Crippen molar-refractivity contribution in [2.75, 3.05) is 13.1 Å². The summed E-state index contributed by atoms with van der Waals surface area (Å²) in [7, 11) is 0. The van der Waals surface area contributed by atoms with Crippen LogP contribution in [0, 0.1) is 11.7 Å². The lowest BCUT2D eigenvalue weighted by atomic mass is 10.1. The van der Waals surface area contributed by atoms with E-state index in [9.17, 15) is 4.39 Å². The molecule has 0 aliphatic carbocycles. The summed E-state index contributed by atoms with van der Waals surface area (Å²) in [5.41, 5.74) is 6.28. The van der Waals surface area contributed by atoms with Gasteiger partial charge >= 0.3 is 0 Å². The summed E-state index contributed by atoms with van der Waals surface area (Å²) >= 11 is 6.03. The highest BCUT2D eigenvalue weighted by molar-refractivity contribution is 6.31. The molecule has 0 bridgehead atoms. The van der Waals surface area contributed by atoms with E-state index in [0.29, 0.717) is 35.6 Å². The molecule has 5 heteroatoms. The summed E-state index contributed by atoms with van der Waals surface area (Å²) in [6.45, 7) is 4.36. The Labute approximate surface area is 119 Å². The van der Waals surface area contributed by atoms with Crippen molar-refractivity contribution in [2.45, 2.75) is 25.9 Å². The number of nitrogens with two attached hydrogens (primary N) is 1. The van der Waals surface area contributed by atoms with E-state index in [1.165, 1.54) is 6.07 Å². The predicted octanol–water partition coefficient (Wildman–Crippen LogP) is 3.07. The molecule has 0 saturated carbocycles. The van der Waals surface area contributed by atoms with Crippen LogP contribution in [0.3, 0.4) is 0 Å². The van der Waals surface area contributed by atoms with Crippen LogP contribution < -0.4 is 5.73 Å². The summed E-state index contributed by atoms with van der Waals surface area (Å²) in [6, 6.07) is 5.28. The van der Waals surface area contributed by atoms with Crippen molar-refractivity contribution in [1.82, 2.24) is 4.90 Å². The molecule has 2 unspecified atom stereocenters. The minimum Gasteiger partial charge on any atom is -0.330 e. The lowest BCUT2D eigenvalue weighted by molar-refractivity contribution is 0.252. The first kappa shape index (κ1) is 15.7. The molecule has 102 valence electrons. The Bertz CT molecular complexity index is 380. The van der Waals surface area contributed by atoms with Crippen LogP contribution in [0.15, 0.2) is 18.2 Å². The highest BCUT2D eigenvalue weighted by atomic mass is 35.5. The van der Waals surface area contributed by atoms with Gasteiger partial charge in [0.25, 0.3) is 0 Å². The monoisotopic (exact) mass is 292 g/mol. The fourth-order valence-electron chi connectivity index (χ4n) is 2.50. The molecule has 2 nitrogen and oxygen atoms in total. The van der Waals surface area contributed by atoms with Crippen molar-refractivity contribution < 1.29 is 4.39 Å². The van der Waals surface area contributed by atoms with Gasteiger partial charge in [0.1, 0.15) is 5.82 Å². The second-order valence-electron chi connectivity index (χ2n) is 4.82. The molecule has 1 aliphatic rings. The van der Waals surface area contributed by atoms with Gasteiger partial charge in [-0.3, -0.25) is 4.90 Å². The number of rotatable bonds is 3. The van der Waals surface area contributed by atoms with Gasteiger partial charge in [0.2, 0.25) is 0 Å². The minimum atomic E-state index is -0.221. The van der Waals surface area contributed by atoms with E-state index < -0.39 is 0 Å². The summed E-state index contributed by atoms with van der Waals surface area (Å²) < 4.78 is 13.7. The molecule has 0 spiro atoms. The summed E-state index contributed by atoms with van der Waals surface area (Å²) in [6.07, 6.45) is 1.09. The Morgan fingerprint density at radius 2 is 2.22 bits per heavy atom. The van der Waals surface area contributed by atoms with Crippen molar-refractivity contribution >= 4 is 24.0 Å². The quantitative estimate of drug-likeness (QED) is 0.928. The maximum atomic E-state index is 13.7. The smallest absolute Gasteiger partial charge is 0.129 e. The molecule has 1 heterocycles. The van der Waals surface area contributed by atoms with E-state index in [0.717, 1.165) is 13.0 Å². The molecule has 1 saturated heterocycles. The Morgan fingerprint density at radius 1 is 1.50 bits per heavy atom. The maximum absolute atomic E-state index is 13.7. The number of nitrogens with zero attached hydrogens (tertiary/aromatic N) is 1. The molecule has 1 aromatic carbocycles. The van der Waals surface area contributed by atoms with E-state index in [2.05, 4.69) is 11.8 Å². The van der Waals surface area contributed by atoms with Crippen LogP contribution >= 0.6 is 24.0 Å². The van der Waals surface area contributed by atoms with Crippen LogP contribution in [-0.4, -0.2) is 24.0 Å². The van der Waals surface area contributed by atoms with Crippen molar-refractivity contribution in [3.63, 3.8) is 0 Å². The molecule has 18 heavy (non-hydrogen) atoms. The van der Waals surface area contributed by atoms with Crippen molar-refractivity contribution in [1.29, 1.82) is 0 Å². The standard InChI is InChI=1S/C13H18ClFN2.ClH/c1-9-5-10(6-16)7-17(9)8-11-12(14)3-2-4-13(11)15;/h2-4,9-10H,5-8,16H2,1H3;1H. The third-order valence-corrected chi connectivity index (χ3v) is 3.90. The molecule has 2 N–H and O–H groups in total. The third kappa shape index (κ3) is 3.35. The second-order valence-corrected chi connectivity index (χ2v) is 5.22. The van der Waals surface area contributed by atoms with Crippen molar-refractivity contribution in [3.05, 3.63) is 34.6 Å². The average molecular weight is 293 g/mol. The van der Waals surface area contributed by atoms with Gasteiger partial charge in [-0.15, -0.1) is 12.4 Å². The maximum Gasteiger partial charge on any atom is 0.129 e. The van der Waals surface area contributed by atoms with Crippen molar-refractivity contribution in [3.8, 4) is 0 Å². The van der Waals surface area contributed by atoms with Crippen LogP contribution in [0.4, 0.5) is 4.39 Å². The fourth-order valence-corrected chi connectivity index (χ4v) is 2.72. The molecular formula is C13H19Cl2FN2. The Hall–Kier alpha value is -0.350. The zero-order chi connectivity index (χ0) is 12.4. The largest absolute Gasteiger partial charge is 0.330 e. The van der Waals surface area contributed by atoms with Gasteiger partial charge in [0.05, 0.1) is 0 Å². The van der Waals surface area contributed by atoms with Gasteiger partial charge in [-0.05, 0) is 37.9 Å². The zero-order valence-electron chi connectivity index (χ0n) is 10.4. The highest BCUT2D eigenvalue weighted by Crippen LogP contribution is 2.27. The van der Waals surface area contributed by atoms with Gasteiger partial charge in [-0.1, -0.05) is 17.7 Å². The first-order valence-electron chi connectivity index (χ1n) is 5.98. The Morgan fingerprint density at radius 3 is 2.78 bits per heavy atom. The van der Waals surface area contributed by atoms with Crippen LogP contribution in [0.5, 0.6) is 0 Å². The number of benzene rings is 1. The average Bonchev–Trinajstić information content (AvgIpc) is 2.65. The van der Waals surface area contributed by atoms with E-state index in [-0.39, 0.29) is 18.2 Å². The van der Waals surface area contributed by atoms with Crippen LogP contribution in [-0.2, 0) is 6.54 Å². The normalized spacial score (nSPS) is 24.0.